The molecule has 0 amide bonds. The van der Waals surface area contributed by atoms with Gasteiger partial charge in [-0.1, -0.05) is 42.0 Å². The quantitative estimate of drug-likeness (QED) is 0.654. The standard InChI is InChI=1S/C17H21N3O/c1-13-3-5-14(6-4-13)17(20(19)12-11-18)15-7-9-16(21-2)10-8-15/h3-12,17H,18-19H2,1-2H3/b12-11-. The summed E-state index contributed by atoms with van der Waals surface area (Å²) in [4.78, 5) is 0. The third kappa shape index (κ3) is 3.55. The topological polar surface area (TPSA) is 64.5 Å². The molecule has 0 fully saturated rings. The van der Waals surface area contributed by atoms with Crippen LogP contribution in [0.5, 0.6) is 5.75 Å². The number of hydrazine groups is 1. The van der Waals surface area contributed by atoms with Gasteiger partial charge in [0.25, 0.3) is 0 Å². The van der Waals surface area contributed by atoms with Gasteiger partial charge in [0.15, 0.2) is 0 Å². The van der Waals surface area contributed by atoms with Crippen LogP contribution in [-0.4, -0.2) is 12.1 Å². The molecule has 1 unspecified atom stereocenters. The van der Waals surface area contributed by atoms with Crippen molar-refractivity contribution in [3.8, 4) is 5.75 Å². The van der Waals surface area contributed by atoms with Gasteiger partial charge in [0.1, 0.15) is 5.75 Å². The number of methoxy groups -OCH3 is 1. The molecule has 2 aromatic carbocycles. The van der Waals surface area contributed by atoms with Crippen LogP contribution in [0.1, 0.15) is 22.7 Å². The van der Waals surface area contributed by atoms with E-state index in [0.29, 0.717) is 0 Å². The minimum atomic E-state index is -0.101. The number of hydrogen-bond acceptors (Lipinski definition) is 4. The highest BCUT2D eigenvalue weighted by atomic mass is 16.5. The minimum absolute atomic E-state index is 0.101. The zero-order chi connectivity index (χ0) is 15.2. The van der Waals surface area contributed by atoms with Crippen molar-refractivity contribution in [2.24, 2.45) is 11.6 Å². The Kier molecular flexibility index (Phi) is 4.85. The number of hydrogen-bond donors (Lipinski definition) is 2. The Morgan fingerprint density at radius 2 is 1.52 bits per heavy atom. The van der Waals surface area contributed by atoms with Crippen molar-refractivity contribution in [3.05, 3.63) is 77.6 Å². The number of aryl methyl sites for hydroxylation is 1. The molecular weight excluding hydrogens is 262 g/mol. The molecule has 0 aliphatic heterocycles. The van der Waals surface area contributed by atoms with Crippen LogP contribution in [0.25, 0.3) is 0 Å². The highest BCUT2D eigenvalue weighted by molar-refractivity contribution is 5.36. The number of nitrogens with two attached hydrogens (primary N) is 2. The largest absolute Gasteiger partial charge is 0.497 e. The molecule has 0 aliphatic carbocycles. The monoisotopic (exact) mass is 283 g/mol. The zero-order valence-corrected chi connectivity index (χ0v) is 12.4. The predicted octanol–water partition coefficient (Wildman–Crippen LogP) is 2.70. The molecule has 4 N–H and O–H groups in total. The molecule has 0 aromatic heterocycles. The Bertz CT molecular complexity index is 590. The van der Waals surface area contributed by atoms with E-state index in [9.17, 15) is 0 Å². The Labute approximate surface area is 125 Å². The summed E-state index contributed by atoms with van der Waals surface area (Å²) in [5, 5.41) is 1.60. The second-order valence-electron chi connectivity index (χ2n) is 4.88. The summed E-state index contributed by atoms with van der Waals surface area (Å²) in [6.45, 7) is 2.06. The molecule has 0 saturated heterocycles. The summed E-state index contributed by atoms with van der Waals surface area (Å²) in [5.41, 5.74) is 8.86. The van der Waals surface area contributed by atoms with E-state index >= 15 is 0 Å². The van der Waals surface area contributed by atoms with Gasteiger partial charge in [0.2, 0.25) is 0 Å². The van der Waals surface area contributed by atoms with Gasteiger partial charge < -0.3 is 15.5 Å². The third-order valence-corrected chi connectivity index (χ3v) is 3.38. The fourth-order valence-corrected chi connectivity index (χ4v) is 2.26. The summed E-state index contributed by atoms with van der Waals surface area (Å²) in [7, 11) is 1.65. The first kappa shape index (κ1) is 14.9. The average molecular weight is 283 g/mol. The first-order valence-corrected chi connectivity index (χ1v) is 6.77. The highest BCUT2D eigenvalue weighted by Gasteiger charge is 2.17. The third-order valence-electron chi connectivity index (χ3n) is 3.38. The van der Waals surface area contributed by atoms with Gasteiger partial charge in [0.05, 0.1) is 13.2 Å². The lowest BCUT2D eigenvalue weighted by molar-refractivity contribution is 0.328. The van der Waals surface area contributed by atoms with Gasteiger partial charge in [-0.25, -0.2) is 5.84 Å². The number of rotatable bonds is 5. The molecule has 0 radical (unpaired) electrons. The summed E-state index contributed by atoms with van der Waals surface area (Å²) in [6, 6.07) is 16.1. The lowest BCUT2D eigenvalue weighted by atomic mass is 9.97. The van der Waals surface area contributed by atoms with Crippen LogP contribution in [0.2, 0.25) is 0 Å². The number of nitrogens with zero attached hydrogens (tertiary/aromatic N) is 1. The van der Waals surface area contributed by atoms with E-state index in [1.807, 2.05) is 24.3 Å². The predicted molar refractivity (Wildman–Crippen MR) is 85.4 cm³/mol. The molecule has 0 saturated carbocycles. The van der Waals surface area contributed by atoms with Crippen molar-refractivity contribution in [1.82, 2.24) is 5.01 Å². The smallest absolute Gasteiger partial charge is 0.118 e. The first-order valence-electron chi connectivity index (χ1n) is 6.77. The molecule has 21 heavy (non-hydrogen) atoms. The van der Waals surface area contributed by atoms with Crippen LogP contribution >= 0.6 is 0 Å². The Hall–Kier alpha value is -2.46. The van der Waals surface area contributed by atoms with Gasteiger partial charge in [-0.15, -0.1) is 0 Å². The molecule has 0 spiro atoms. The fraction of sp³-hybridized carbons (Fsp3) is 0.176. The summed E-state index contributed by atoms with van der Waals surface area (Å²) in [6.07, 6.45) is 3.10. The van der Waals surface area contributed by atoms with E-state index in [1.54, 1.807) is 18.3 Å². The van der Waals surface area contributed by atoms with Gasteiger partial charge >= 0.3 is 0 Å². The lowest BCUT2D eigenvalue weighted by Gasteiger charge is -2.27. The van der Waals surface area contributed by atoms with Crippen molar-refractivity contribution < 1.29 is 4.74 Å². The van der Waals surface area contributed by atoms with Crippen molar-refractivity contribution in [3.63, 3.8) is 0 Å². The van der Waals surface area contributed by atoms with Crippen molar-refractivity contribution in [2.75, 3.05) is 7.11 Å². The molecule has 0 heterocycles. The van der Waals surface area contributed by atoms with Gasteiger partial charge in [-0.3, -0.25) is 0 Å². The maximum atomic E-state index is 6.14. The normalized spacial score (nSPS) is 12.3. The molecule has 110 valence electrons. The average Bonchev–Trinajstić information content (AvgIpc) is 2.50. The maximum absolute atomic E-state index is 6.14. The summed E-state index contributed by atoms with van der Waals surface area (Å²) in [5.74, 6) is 6.96. The summed E-state index contributed by atoms with van der Waals surface area (Å²) >= 11 is 0. The molecule has 0 aliphatic rings. The van der Waals surface area contributed by atoms with Crippen LogP contribution in [0.4, 0.5) is 0 Å². The fourth-order valence-electron chi connectivity index (χ4n) is 2.26. The van der Waals surface area contributed by atoms with Gasteiger partial charge in [0, 0.05) is 12.4 Å². The van der Waals surface area contributed by atoms with Crippen molar-refractivity contribution in [1.29, 1.82) is 0 Å². The molecule has 4 heteroatoms. The molecule has 1 atom stereocenters. The summed E-state index contributed by atoms with van der Waals surface area (Å²) < 4.78 is 5.20. The van der Waals surface area contributed by atoms with E-state index in [2.05, 4.69) is 31.2 Å². The maximum Gasteiger partial charge on any atom is 0.118 e. The van der Waals surface area contributed by atoms with E-state index in [4.69, 9.17) is 16.3 Å². The van der Waals surface area contributed by atoms with Crippen LogP contribution in [0, 0.1) is 6.92 Å². The van der Waals surface area contributed by atoms with Gasteiger partial charge in [-0.2, -0.15) is 0 Å². The van der Waals surface area contributed by atoms with E-state index in [1.165, 1.54) is 11.8 Å². The molecule has 2 rings (SSSR count). The van der Waals surface area contributed by atoms with Crippen molar-refractivity contribution in [2.45, 2.75) is 13.0 Å². The lowest BCUT2D eigenvalue weighted by Crippen LogP contribution is -2.31. The van der Waals surface area contributed by atoms with Gasteiger partial charge in [-0.05, 0) is 30.2 Å². The Balaban J connectivity index is 2.41. The second-order valence-corrected chi connectivity index (χ2v) is 4.88. The first-order chi connectivity index (χ1) is 10.2. The van der Waals surface area contributed by atoms with Crippen molar-refractivity contribution >= 4 is 0 Å². The minimum Gasteiger partial charge on any atom is -0.497 e. The van der Waals surface area contributed by atoms with Crippen LogP contribution in [-0.2, 0) is 0 Å². The Morgan fingerprint density at radius 1 is 1.00 bits per heavy atom. The number of ether oxygens (including phenoxy) is 1. The van der Waals surface area contributed by atoms with Crippen LogP contribution in [0.15, 0.2) is 60.9 Å². The second kappa shape index (κ2) is 6.81. The van der Waals surface area contributed by atoms with E-state index in [-0.39, 0.29) is 6.04 Å². The number of benzene rings is 2. The van der Waals surface area contributed by atoms with E-state index < -0.39 is 0 Å². The SMILES string of the molecule is COc1ccc(C(c2ccc(C)cc2)N(N)/C=C\N)cc1. The molecular formula is C17H21N3O. The Morgan fingerprint density at radius 3 is 2.00 bits per heavy atom. The zero-order valence-electron chi connectivity index (χ0n) is 12.4. The highest BCUT2D eigenvalue weighted by Crippen LogP contribution is 2.28. The molecule has 0 bridgehead atoms. The molecule has 4 nitrogen and oxygen atoms in total. The van der Waals surface area contributed by atoms with Crippen LogP contribution in [0.3, 0.4) is 0 Å². The molecule has 2 aromatic rings. The van der Waals surface area contributed by atoms with Crippen LogP contribution < -0.4 is 16.3 Å². The van der Waals surface area contributed by atoms with E-state index in [0.717, 1.165) is 16.9 Å².